The van der Waals surface area contributed by atoms with E-state index in [1.54, 1.807) is 11.8 Å². The molecule has 2 unspecified atom stereocenters. The molecule has 1 aliphatic rings. The number of benzene rings is 1. The number of hydrogen-bond donors (Lipinski definition) is 1. The summed E-state index contributed by atoms with van der Waals surface area (Å²) in [5, 5.41) is 21.3. The van der Waals surface area contributed by atoms with E-state index in [-0.39, 0.29) is 18.5 Å². The van der Waals surface area contributed by atoms with E-state index in [1.165, 1.54) is 4.80 Å². The standard InChI is InChI=1S/C16H19N5O3/c1-10-3-5-12(6-4-10)15-17-19-21(18-15)9-14(22)20-8-7-13(11(20)2)16(23)24/h3-6,11,13H,7-9H2,1-2H3,(H,23,24). The zero-order valence-electron chi connectivity index (χ0n) is 13.6. The molecule has 2 atom stereocenters. The monoisotopic (exact) mass is 329 g/mol. The summed E-state index contributed by atoms with van der Waals surface area (Å²) in [6, 6.07) is 7.39. The van der Waals surface area contributed by atoms with Gasteiger partial charge in [0.05, 0.1) is 5.92 Å². The predicted molar refractivity (Wildman–Crippen MR) is 84.9 cm³/mol. The van der Waals surface area contributed by atoms with E-state index >= 15 is 0 Å². The lowest BCUT2D eigenvalue weighted by molar-refractivity contribution is -0.143. The molecule has 0 aliphatic carbocycles. The normalized spacial score (nSPS) is 20.3. The van der Waals surface area contributed by atoms with Crippen molar-refractivity contribution >= 4 is 11.9 Å². The molecule has 1 N–H and O–H groups in total. The summed E-state index contributed by atoms with van der Waals surface area (Å²) in [7, 11) is 0. The number of carbonyl (C=O) groups is 2. The van der Waals surface area contributed by atoms with E-state index in [9.17, 15) is 9.59 Å². The summed E-state index contributed by atoms with van der Waals surface area (Å²) in [6.07, 6.45) is 0.474. The Morgan fingerprint density at radius 2 is 2.00 bits per heavy atom. The van der Waals surface area contributed by atoms with E-state index in [4.69, 9.17) is 5.11 Å². The third-order valence-electron chi connectivity index (χ3n) is 4.43. The third-order valence-corrected chi connectivity index (χ3v) is 4.43. The Hall–Kier alpha value is -2.77. The van der Waals surface area contributed by atoms with Gasteiger partial charge in [0, 0.05) is 18.2 Å². The van der Waals surface area contributed by atoms with Crippen molar-refractivity contribution in [3.8, 4) is 11.4 Å². The van der Waals surface area contributed by atoms with Crippen LogP contribution >= 0.6 is 0 Å². The van der Waals surface area contributed by atoms with Gasteiger partial charge in [-0.2, -0.15) is 4.80 Å². The second kappa shape index (κ2) is 6.38. The molecule has 1 aromatic heterocycles. The first-order valence-corrected chi connectivity index (χ1v) is 7.83. The van der Waals surface area contributed by atoms with E-state index < -0.39 is 11.9 Å². The van der Waals surface area contributed by atoms with Crippen molar-refractivity contribution in [2.45, 2.75) is 32.9 Å². The van der Waals surface area contributed by atoms with Crippen LogP contribution < -0.4 is 0 Å². The van der Waals surface area contributed by atoms with Crippen molar-refractivity contribution in [3.05, 3.63) is 29.8 Å². The minimum absolute atomic E-state index is 0.0461. The van der Waals surface area contributed by atoms with Crippen molar-refractivity contribution in [1.82, 2.24) is 25.1 Å². The maximum Gasteiger partial charge on any atom is 0.308 e. The van der Waals surface area contributed by atoms with Gasteiger partial charge < -0.3 is 10.0 Å². The van der Waals surface area contributed by atoms with E-state index in [2.05, 4.69) is 15.4 Å². The highest BCUT2D eigenvalue weighted by atomic mass is 16.4. The van der Waals surface area contributed by atoms with Gasteiger partial charge in [0.15, 0.2) is 0 Å². The number of tetrazole rings is 1. The molecule has 3 rings (SSSR count). The molecule has 1 aromatic carbocycles. The van der Waals surface area contributed by atoms with Crippen molar-refractivity contribution in [1.29, 1.82) is 0 Å². The van der Waals surface area contributed by atoms with Crippen LogP contribution in [0.3, 0.4) is 0 Å². The number of carboxylic acids is 1. The average Bonchev–Trinajstić information content (AvgIpc) is 3.14. The molecular formula is C16H19N5O3. The molecule has 1 saturated heterocycles. The lowest BCUT2D eigenvalue weighted by Gasteiger charge is -2.22. The quantitative estimate of drug-likeness (QED) is 0.897. The summed E-state index contributed by atoms with van der Waals surface area (Å²) in [5.41, 5.74) is 1.97. The largest absolute Gasteiger partial charge is 0.481 e. The number of amides is 1. The average molecular weight is 329 g/mol. The zero-order chi connectivity index (χ0) is 17.3. The molecule has 0 radical (unpaired) electrons. The predicted octanol–water partition coefficient (Wildman–Crippen LogP) is 0.970. The molecule has 24 heavy (non-hydrogen) atoms. The van der Waals surface area contributed by atoms with Crippen LogP contribution in [0.2, 0.25) is 0 Å². The lowest BCUT2D eigenvalue weighted by atomic mass is 10.0. The maximum atomic E-state index is 12.4. The Bertz CT molecular complexity index is 755. The molecule has 1 aliphatic heterocycles. The first kappa shape index (κ1) is 16.1. The van der Waals surface area contributed by atoms with Crippen molar-refractivity contribution in [2.24, 2.45) is 5.92 Å². The molecule has 8 nitrogen and oxygen atoms in total. The molecule has 8 heteroatoms. The second-order valence-corrected chi connectivity index (χ2v) is 6.07. The minimum Gasteiger partial charge on any atom is -0.481 e. The molecule has 2 aromatic rings. The SMILES string of the molecule is Cc1ccc(-c2nnn(CC(=O)N3CCC(C(=O)O)C3C)n2)cc1. The number of aromatic nitrogens is 4. The fraction of sp³-hybridized carbons (Fsp3) is 0.438. The molecule has 0 bridgehead atoms. The zero-order valence-corrected chi connectivity index (χ0v) is 13.6. The van der Waals surface area contributed by atoms with Crippen molar-refractivity contribution < 1.29 is 14.7 Å². The van der Waals surface area contributed by atoms with Gasteiger partial charge in [-0.15, -0.1) is 10.2 Å². The van der Waals surface area contributed by atoms with Crippen LogP contribution in [0.15, 0.2) is 24.3 Å². The lowest BCUT2D eigenvalue weighted by Crippen LogP contribution is -2.39. The van der Waals surface area contributed by atoms with Crippen LogP contribution in [0.25, 0.3) is 11.4 Å². The highest BCUT2D eigenvalue weighted by molar-refractivity contribution is 5.79. The van der Waals surface area contributed by atoms with Gasteiger partial charge in [-0.3, -0.25) is 9.59 Å². The minimum atomic E-state index is -0.863. The summed E-state index contributed by atoms with van der Waals surface area (Å²) < 4.78 is 0. The van der Waals surface area contributed by atoms with Crippen LogP contribution in [0.5, 0.6) is 0 Å². The van der Waals surface area contributed by atoms with Crippen LogP contribution in [-0.4, -0.2) is 54.7 Å². The highest BCUT2D eigenvalue weighted by Gasteiger charge is 2.38. The van der Waals surface area contributed by atoms with Crippen molar-refractivity contribution in [2.75, 3.05) is 6.54 Å². The highest BCUT2D eigenvalue weighted by Crippen LogP contribution is 2.24. The Kier molecular flexibility index (Phi) is 4.28. The van der Waals surface area contributed by atoms with Crippen LogP contribution in [-0.2, 0) is 16.1 Å². The molecule has 0 saturated carbocycles. The summed E-state index contributed by atoms with van der Waals surface area (Å²) in [6.45, 7) is 4.15. The van der Waals surface area contributed by atoms with E-state index in [1.807, 2.05) is 31.2 Å². The number of aliphatic carboxylic acids is 1. The number of carboxylic acid groups (broad SMARTS) is 1. The molecule has 2 heterocycles. The van der Waals surface area contributed by atoms with Gasteiger partial charge in [0.2, 0.25) is 11.7 Å². The number of rotatable bonds is 4. The van der Waals surface area contributed by atoms with Crippen LogP contribution in [0, 0.1) is 12.8 Å². The Morgan fingerprint density at radius 1 is 1.29 bits per heavy atom. The van der Waals surface area contributed by atoms with Gasteiger partial charge in [0.1, 0.15) is 6.54 Å². The number of aryl methyl sites for hydroxylation is 1. The van der Waals surface area contributed by atoms with Crippen LogP contribution in [0.1, 0.15) is 18.9 Å². The molecular weight excluding hydrogens is 310 g/mol. The van der Waals surface area contributed by atoms with Crippen molar-refractivity contribution in [3.63, 3.8) is 0 Å². The molecule has 1 fully saturated rings. The Labute approximate surface area is 139 Å². The Balaban J connectivity index is 1.68. The summed E-state index contributed by atoms with van der Waals surface area (Å²) >= 11 is 0. The van der Waals surface area contributed by atoms with Gasteiger partial charge in [-0.25, -0.2) is 0 Å². The molecule has 0 spiro atoms. The number of likely N-dealkylation sites (tertiary alicyclic amines) is 1. The second-order valence-electron chi connectivity index (χ2n) is 6.07. The first-order valence-electron chi connectivity index (χ1n) is 7.83. The van der Waals surface area contributed by atoms with Gasteiger partial charge in [-0.05, 0) is 25.5 Å². The first-order chi connectivity index (χ1) is 11.5. The van der Waals surface area contributed by atoms with E-state index in [0.717, 1.165) is 11.1 Å². The van der Waals surface area contributed by atoms with Crippen LogP contribution in [0.4, 0.5) is 0 Å². The maximum absolute atomic E-state index is 12.4. The fourth-order valence-electron chi connectivity index (χ4n) is 2.96. The molecule has 126 valence electrons. The van der Waals surface area contributed by atoms with Gasteiger partial charge in [0.25, 0.3) is 0 Å². The summed E-state index contributed by atoms with van der Waals surface area (Å²) in [4.78, 5) is 26.4. The number of nitrogens with zero attached hydrogens (tertiary/aromatic N) is 5. The third kappa shape index (κ3) is 3.12. The fourth-order valence-corrected chi connectivity index (χ4v) is 2.96. The number of carbonyl (C=O) groups excluding carboxylic acids is 1. The summed E-state index contributed by atoms with van der Waals surface area (Å²) in [5.74, 6) is -1.11. The van der Waals surface area contributed by atoms with E-state index in [0.29, 0.717) is 18.8 Å². The molecule has 1 amide bonds. The van der Waals surface area contributed by atoms with Gasteiger partial charge >= 0.3 is 5.97 Å². The van der Waals surface area contributed by atoms with Gasteiger partial charge in [-0.1, -0.05) is 29.8 Å². The number of hydrogen-bond acceptors (Lipinski definition) is 5. The smallest absolute Gasteiger partial charge is 0.308 e. The Morgan fingerprint density at radius 3 is 2.62 bits per heavy atom. The topological polar surface area (TPSA) is 101 Å².